The third-order valence-corrected chi connectivity index (χ3v) is 5.97. The quantitative estimate of drug-likeness (QED) is 0.432. The second-order valence-electron chi connectivity index (χ2n) is 8.25. The molecule has 1 N–H and O–H groups in total. The maximum atomic E-state index is 13.7. The number of hydrogen-bond donors (Lipinski definition) is 1. The molecule has 9 heteroatoms. The summed E-state index contributed by atoms with van der Waals surface area (Å²) in [7, 11) is 0. The van der Waals surface area contributed by atoms with E-state index in [1.165, 1.54) is 4.68 Å². The summed E-state index contributed by atoms with van der Waals surface area (Å²) in [5.74, 6) is 0.549. The van der Waals surface area contributed by atoms with Crippen molar-refractivity contribution in [3.05, 3.63) is 84.8 Å². The SMILES string of the molecule is O=C(Nc1ccccc1)C1CCN(C(=O)C(=Cc2ccco2)n2nnnc2-c2ccccc2)CC1. The number of carbonyl (C=O) groups excluding carboxylic acids is 2. The standard InChI is InChI=1S/C26H24N6O3/c33-25(27-21-10-5-2-6-11-21)20-13-15-31(16-14-20)26(34)23(18-22-12-7-17-35-22)32-24(28-29-30-32)19-8-3-1-4-9-19/h1-12,17-18,20H,13-16H2,(H,27,33). The van der Waals surface area contributed by atoms with Gasteiger partial charge in [0, 0.05) is 36.3 Å². The fourth-order valence-corrected chi connectivity index (χ4v) is 4.11. The van der Waals surface area contributed by atoms with E-state index < -0.39 is 0 Å². The first-order chi connectivity index (χ1) is 17.2. The van der Waals surface area contributed by atoms with Crippen LogP contribution in [0.1, 0.15) is 18.6 Å². The van der Waals surface area contributed by atoms with E-state index in [1.54, 1.807) is 29.4 Å². The lowest BCUT2D eigenvalue weighted by atomic mass is 9.95. The van der Waals surface area contributed by atoms with Crippen molar-refractivity contribution in [3.63, 3.8) is 0 Å². The summed E-state index contributed by atoms with van der Waals surface area (Å²) in [6.45, 7) is 0.897. The molecule has 0 bridgehead atoms. The van der Waals surface area contributed by atoms with Gasteiger partial charge in [-0.2, -0.15) is 4.68 Å². The number of hydrogen-bond acceptors (Lipinski definition) is 6. The van der Waals surface area contributed by atoms with Crippen LogP contribution in [0.5, 0.6) is 0 Å². The molecule has 2 aromatic carbocycles. The Balaban J connectivity index is 1.35. The maximum Gasteiger partial charge on any atom is 0.272 e. The van der Waals surface area contributed by atoms with Crippen LogP contribution in [-0.2, 0) is 9.59 Å². The van der Waals surface area contributed by atoms with E-state index in [0.29, 0.717) is 37.5 Å². The molecule has 0 saturated carbocycles. The van der Waals surface area contributed by atoms with Crippen LogP contribution in [0.25, 0.3) is 23.2 Å². The topological polar surface area (TPSA) is 106 Å². The molecule has 0 spiro atoms. The second kappa shape index (κ2) is 10.2. The smallest absolute Gasteiger partial charge is 0.272 e. The van der Waals surface area contributed by atoms with Crippen molar-refractivity contribution in [3.8, 4) is 11.4 Å². The van der Waals surface area contributed by atoms with Gasteiger partial charge >= 0.3 is 0 Å². The average molecular weight is 469 g/mol. The third kappa shape index (κ3) is 5.03. The molecule has 0 radical (unpaired) electrons. The minimum absolute atomic E-state index is 0.0264. The van der Waals surface area contributed by atoms with Crippen molar-refractivity contribution in [2.75, 3.05) is 18.4 Å². The highest BCUT2D eigenvalue weighted by molar-refractivity contribution is 6.18. The number of anilines is 1. The van der Waals surface area contributed by atoms with E-state index >= 15 is 0 Å². The predicted octanol–water partition coefficient (Wildman–Crippen LogP) is 3.81. The third-order valence-electron chi connectivity index (χ3n) is 5.97. The number of furan rings is 1. The van der Waals surface area contributed by atoms with Crippen LogP contribution in [0, 0.1) is 5.92 Å². The van der Waals surface area contributed by atoms with Gasteiger partial charge in [-0.05, 0) is 47.5 Å². The van der Waals surface area contributed by atoms with E-state index in [0.717, 1.165) is 11.3 Å². The molecule has 2 amide bonds. The average Bonchev–Trinajstić information content (AvgIpc) is 3.60. The number of nitrogens with one attached hydrogen (secondary N) is 1. The number of carbonyl (C=O) groups is 2. The number of tetrazole rings is 1. The molecule has 0 aliphatic carbocycles. The molecule has 1 saturated heterocycles. The van der Waals surface area contributed by atoms with Gasteiger partial charge in [0.05, 0.1) is 6.26 Å². The summed E-state index contributed by atoms with van der Waals surface area (Å²) in [5.41, 5.74) is 1.83. The Hall–Kier alpha value is -4.53. The number of para-hydroxylation sites is 1. The van der Waals surface area contributed by atoms with Crippen molar-refractivity contribution in [1.29, 1.82) is 0 Å². The van der Waals surface area contributed by atoms with Gasteiger partial charge in [0.1, 0.15) is 11.5 Å². The molecule has 1 fully saturated rings. The molecule has 2 aromatic heterocycles. The Kier molecular flexibility index (Phi) is 6.47. The highest BCUT2D eigenvalue weighted by atomic mass is 16.3. The Labute approximate surface area is 202 Å². The number of piperidine rings is 1. The minimum Gasteiger partial charge on any atom is -0.465 e. The van der Waals surface area contributed by atoms with E-state index in [9.17, 15) is 9.59 Å². The van der Waals surface area contributed by atoms with Gasteiger partial charge in [0.25, 0.3) is 5.91 Å². The summed E-state index contributed by atoms with van der Waals surface area (Å²) in [6.07, 6.45) is 4.32. The zero-order valence-electron chi connectivity index (χ0n) is 18.9. The fourth-order valence-electron chi connectivity index (χ4n) is 4.11. The monoisotopic (exact) mass is 468 g/mol. The van der Waals surface area contributed by atoms with Gasteiger partial charge in [-0.25, -0.2) is 0 Å². The number of nitrogens with zero attached hydrogens (tertiary/aromatic N) is 5. The van der Waals surface area contributed by atoms with Crippen LogP contribution in [0.2, 0.25) is 0 Å². The molecule has 176 valence electrons. The van der Waals surface area contributed by atoms with E-state index in [-0.39, 0.29) is 23.4 Å². The maximum absolute atomic E-state index is 13.7. The molecule has 35 heavy (non-hydrogen) atoms. The van der Waals surface area contributed by atoms with Crippen LogP contribution in [0.4, 0.5) is 5.69 Å². The minimum atomic E-state index is -0.229. The van der Waals surface area contributed by atoms with E-state index in [4.69, 9.17) is 4.42 Å². The highest BCUT2D eigenvalue weighted by Gasteiger charge is 2.30. The second-order valence-corrected chi connectivity index (χ2v) is 8.25. The predicted molar refractivity (Wildman–Crippen MR) is 131 cm³/mol. The molecule has 9 nitrogen and oxygen atoms in total. The number of rotatable bonds is 6. The molecule has 4 aromatic rings. The Bertz CT molecular complexity index is 1310. The summed E-state index contributed by atoms with van der Waals surface area (Å²) >= 11 is 0. The number of aromatic nitrogens is 4. The van der Waals surface area contributed by atoms with Crippen molar-refractivity contribution < 1.29 is 14.0 Å². The molecular formula is C26H24N6O3. The summed E-state index contributed by atoms with van der Waals surface area (Å²) < 4.78 is 6.91. The molecular weight excluding hydrogens is 444 g/mol. The number of likely N-dealkylation sites (tertiary alicyclic amines) is 1. The van der Waals surface area contributed by atoms with Crippen LogP contribution >= 0.6 is 0 Å². The van der Waals surface area contributed by atoms with Gasteiger partial charge in [-0.3, -0.25) is 9.59 Å². The lowest BCUT2D eigenvalue weighted by Crippen LogP contribution is -2.42. The molecule has 0 unspecified atom stereocenters. The Morgan fingerprint density at radius 3 is 2.34 bits per heavy atom. The Morgan fingerprint density at radius 2 is 1.66 bits per heavy atom. The number of amides is 2. The zero-order chi connectivity index (χ0) is 24.0. The van der Waals surface area contributed by atoms with Crippen molar-refractivity contribution in [1.82, 2.24) is 25.1 Å². The molecule has 3 heterocycles. The van der Waals surface area contributed by atoms with Gasteiger partial charge < -0.3 is 14.6 Å². The largest absolute Gasteiger partial charge is 0.465 e. The first-order valence-corrected chi connectivity index (χ1v) is 11.4. The lowest BCUT2D eigenvalue weighted by Gasteiger charge is -2.31. The van der Waals surface area contributed by atoms with Crippen molar-refractivity contribution in [2.24, 2.45) is 5.92 Å². The Morgan fingerprint density at radius 1 is 0.943 bits per heavy atom. The van der Waals surface area contributed by atoms with Crippen LogP contribution in [-0.4, -0.2) is 50.0 Å². The van der Waals surface area contributed by atoms with Gasteiger partial charge in [-0.1, -0.05) is 48.5 Å². The first kappa shape index (κ1) is 22.3. The van der Waals surface area contributed by atoms with Crippen molar-refractivity contribution in [2.45, 2.75) is 12.8 Å². The number of benzene rings is 2. The van der Waals surface area contributed by atoms with E-state index in [1.807, 2.05) is 60.7 Å². The van der Waals surface area contributed by atoms with Crippen LogP contribution in [0.3, 0.4) is 0 Å². The summed E-state index contributed by atoms with van der Waals surface area (Å²) in [5, 5.41) is 15.0. The lowest BCUT2D eigenvalue weighted by molar-refractivity contribution is -0.129. The summed E-state index contributed by atoms with van der Waals surface area (Å²) in [4.78, 5) is 28.1. The summed E-state index contributed by atoms with van der Waals surface area (Å²) in [6, 6.07) is 22.3. The fraction of sp³-hybridized carbons (Fsp3) is 0.192. The molecule has 1 aliphatic rings. The van der Waals surface area contributed by atoms with Gasteiger partial charge in [0.15, 0.2) is 5.82 Å². The van der Waals surface area contributed by atoms with Gasteiger partial charge in [-0.15, -0.1) is 5.10 Å². The molecule has 0 atom stereocenters. The highest BCUT2D eigenvalue weighted by Crippen LogP contribution is 2.25. The molecule has 1 aliphatic heterocycles. The van der Waals surface area contributed by atoms with Gasteiger partial charge in [0.2, 0.25) is 5.91 Å². The van der Waals surface area contributed by atoms with Crippen LogP contribution in [0.15, 0.2) is 83.5 Å². The van der Waals surface area contributed by atoms with Crippen LogP contribution < -0.4 is 5.32 Å². The molecule has 5 rings (SSSR count). The normalized spacial score (nSPS) is 14.6. The van der Waals surface area contributed by atoms with E-state index in [2.05, 4.69) is 20.8 Å². The zero-order valence-corrected chi connectivity index (χ0v) is 18.9. The first-order valence-electron chi connectivity index (χ1n) is 11.4. The van der Waals surface area contributed by atoms with Crippen molar-refractivity contribution >= 4 is 29.3 Å².